The Morgan fingerprint density at radius 2 is 1.69 bits per heavy atom. The molecule has 7 nitrogen and oxygen atoms in total. The average molecular weight is 482 g/mol. The van der Waals surface area contributed by atoms with E-state index in [0.29, 0.717) is 31.9 Å². The van der Waals surface area contributed by atoms with Crippen molar-refractivity contribution in [3.63, 3.8) is 0 Å². The molecule has 3 saturated carbocycles. The Kier molecular flexibility index (Phi) is 6.99. The van der Waals surface area contributed by atoms with E-state index in [1.54, 1.807) is 0 Å². The zero-order valence-electron chi connectivity index (χ0n) is 21.2. The molecule has 7 heteroatoms. The number of nitrogens with zero attached hydrogens (tertiary/aromatic N) is 3. The summed E-state index contributed by atoms with van der Waals surface area (Å²) in [6.45, 7) is 10.2. The summed E-state index contributed by atoms with van der Waals surface area (Å²) < 4.78 is 6.28. The molecule has 0 aromatic heterocycles. The van der Waals surface area contributed by atoms with Crippen LogP contribution >= 0.6 is 0 Å². The first-order valence-electron chi connectivity index (χ1n) is 13.4. The lowest BCUT2D eigenvalue weighted by atomic mass is 9.56. The minimum Gasteiger partial charge on any atom is -0.373 e. The first-order valence-corrected chi connectivity index (χ1v) is 13.4. The number of amides is 2. The minimum atomic E-state index is -0.777. The second kappa shape index (κ2) is 10.0. The highest BCUT2D eigenvalue weighted by Crippen LogP contribution is 2.55. The highest BCUT2D eigenvalue weighted by molar-refractivity contribution is 6.09. The molecule has 6 rings (SSSR count). The first-order chi connectivity index (χ1) is 16.9. The van der Waals surface area contributed by atoms with Crippen molar-refractivity contribution in [1.29, 1.82) is 0 Å². The van der Waals surface area contributed by atoms with Crippen LogP contribution in [0, 0.1) is 23.7 Å². The summed E-state index contributed by atoms with van der Waals surface area (Å²) in [5.74, 6) is -1.09. The fourth-order valence-corrected chi connectivity index (χ4v) is 6.67. The number of para-hydroxylation sites is 1. The highest BCUT2D eigenvalue weighted by atomic mass is 16.5. The molecule has 0 N–H and O–H groups in total. The van der Waals surface area contributed by atoms with Crippen molar-refractivity contribution >= 4 is 23.3 Å². The van der Waals surface area contributed by atoms with Gasteiger partial charge in [-0.25, -0.2) is 0 Å². The third kappa shape index (κ3) is 4.65. The third-order valence-electron chi connectivity index (χ3n) is 8.51. The third-order valence-corrected chi connectivity index (χ3v) is 8.51. The highest BCUT2D eigenvalue weighted by Gasteiger charge is 2.67. The minimum absolute atomic E-state index is 0.0996. The van der Waals surface area contributed by atoms with Crippen LogP contribution < -0.4 is 4.90 Å². The van der Waals surface area contributed by atoms with Gasteiger partial charge < -0.3 is 9.64 Å². The fraction of sp³-hybridized carbons (Fsp3) is 0.679. The molecule has 2 bridgehead atoms. The van der Waals surface area contributed by atoms with E-state index < -0.39 is 17.4 Å². The number of rotatable bonds is 9. The maximum absolute atomic E-state index is 13.5. The van der Waals surface area contributed by atoms with Crippen LogP contribution in [0.25, 0.3) is 0 Å². The van der Waals surface area contributed by atoms with Gasteiger partial charge in [0.25, 0.3) is 0 Å². The molecule has 4 unspecified atom stereocenters. The number of ether oxygens (including phenoxy) is 1. The van der Waals surface area contributed by atoms with E-state index in [-0.39, 0.29) is 29.9 Å². The van der Waals surface area contributed by atoms with Crippen molar-refractivity contribution < 1.29 is 19.1 Å². The average Bonchev–Trinajstić information content (AvgIpc) is 3.13. The van der Waals surface area contributed by atoms with Crippen molar-refractivity contribution in [2.75, 3.05) is 50.8 Å². The van der Waals surface area contributed by atoms with Crippen LogP contribution in [0.2, 0.25) is 0 Å². The normalized spacial score (nSPS) is 31.1. The monoisotopic (exact) mass is 481 g/mol. The standard InChI is InChI=1S/C28H39N3O4/c1-20(2)19-35-28-11-10-22(23(32)18-28)24-25(28)27(34)31(26(24)33)13-7-6-12-29-14-16-30(17-15-29)21-8-4-3-5-9-21/h3-5,8-9,20,22,24-25H,6-7,10-19H2,1-2H3. The molecule has 1 aromatic carbocycles. The lowest BCUT2D eigenvalue weighted by molar-refractivity contribution is -0.184. The summed E-state index contributed by atoms with van der Waals surface area (Å²) in [7, 11) is 0. The Bertz CT molecular complexity index is 943. The maximum atomic E-state index is 13.5. The number of carbonyl (C=O) groups is 3. The van der Waals surface area contributed by atoms with Gasteiger partial charge in [0.05, 0.1) is 17.4 Å². The van der Waals surface area contributed by atoms with Crippen LogP contribution in [-0.4, -0.2) is 78.9 Å². The number of imide groups is 1. The van der Waals surface area contributed by atoms with Crippen molar-refractivity contribution in [2.45, 2.75) is 51.6 Å². The Morgan fingerprint density at radius 1 is 0.971 bits per heavy atom. The van der Waals surface area contributed by atoms with Gasteiger partial charge in [-0.3, -0.25) is 24.2 Å². The molecule has 1 aromatic rings. The fourth-order valence-electron chi connectivity index (χ4n) is 6.67. The van der Waals surface area contributed by atoms with E-state index in [4.69, 9.17) is 4.74 Å². The zero-order valence-corrected chi connectivity index (χ0v) is 21.2. The summed E-state index contributed by atoms with van der Waals surface area (Å²) in [6, 6.07) is 10.5. The van der Waals surface area contributed by atoms with Gasteiger partial charge in [-0.1, -0.05) is 32.0 Å². The van der Waals surface area contributed by atoms with Gasteiger partial charge in [0.15, 0.2) is 0 Å². The topological polar surface area (TPSA) is 70.2 Å². The molecule has 35 heavy (non-hydrogen) atoms. The van der Waals surface area contributed by atoms with Gasteiger partial charge in [0, 0.05) is 57.4 Å². The molecule has 5 aliphatic rings. The van der Waals surface area contributed by atoms with E-state index in [1.807, 2.05) is 6.07 Å². The van der Waals surface area contributed by atoms with Gasteiger partial charge in [0.1, 0.15) is 5.78 Å². The van der Waals surface area contributed by atoms with E-state index in [1.165, 1.54) is 10.6 Å². The lowest BCUT2D eigenvalue weighted by Crippen LogP contribution is -2.60. The van der Waals surface area contributed by atoms with Crippen LogP contribution in [-0.2, 0) is 19.1 Å². The smallest absolute Gasteiger partial charge is 0.236 e. The van der Waals surface area contributed by atoms with Crippen LogP contribution in [0.15, 0.2) is 30.3 Å². The molecule has 3 aliphatic carbocycles. The van der Waals surface area contributed by atoms with Crippen LogP contribution in [0.5, 0.6) is 0 Å². The summed E-state index contributed by atoms with van der Waals surface area (Å²) >= 11 is 0. The van der Waals surface area contributed by atoms with E-state index in [2.05, 4.69) is 47.9 Å². The number of hydrogen-bond acceptors (Lipinski definition) is 6. The van der Waals surface area contributed by atoms with Crippen LogP contribution in [0.3, 0.4) is 0 Å². The predicted octanol–water partition coefficient (Wildman–Crippen LogP) is 2.98. The Morgan fingerprint density at radius 3 is 2.37 bits per heavy atom. The molecule has 2 heterocycles. The zero-order chi connectivity index (χ0) is 24.6. The van der Waals surface area contributed by atoms with E-state index in [0.717, 1.165) is 45.6 Å². The number of benzene rings is 1. The summed E-state index contributed by atoms with van der Waals surface area (Å²) in [5, 5.41) is 0. The maximum Gasteiger partial charge on any atom is 0.236 e. The summed E-state index contributed by atoms with van der Waals surface area (Å²) in [6.07, 6.45) is 3.41. The number of unbranched alkanes of at least 4 members (excludes halogenated alkanes) is 1. The molecule has 2 aliphatic heterocycles. The number of Topliss-reactive ketones (excluding diaryl/α,β-unsaturated/α-hetero) is 1. The van der Waals surface area contributed by atoms with Crippen LogP contribution in [0.4, 0.5) is 5.69 Å². The quantitative estimate of drug-likeness (QED) is 0.399. The number of anilines is 1. The van der Waals surface area contributed by atoms with Gasteiger partial charge in [-0.15, -0.1) is 0 Å². The van der Waals surface area contributed by atoms with Crippen LogP contribution in [0.1, 0.15) is 46.0 Å². The van der Waals surface area contributed by atoms with Crippen molar-refractivity contribution in [1.82, 2.24) is 9.80 Å². The van der Waals surface area contributed by atoms with Crippen molar-refractivity contribution in [2.24, 2.45) is 23.7 Å². The molecule has 0 radical (unpaired) electrons. The second-order valence-corrected chi connectivity index (χ2v) is 11.3. The van der Waals surface area contributed by atoms with Gasteiger partial charge in [0.2, 0.25) is 11.8 Å². The van der Waals surface area contributed by atoms with Gasteiger partial charge >= 0.3 is 0 Å². The molecular weight excluding hydrogens is 442 g/mol. The molecule has 5 fully saturated rings. The number of hydrogen-bond donors (Lipinski definition) is 0. The van der Waals surface area contributed by atoms with Crippen molar-refractivity contribution in [3.05, 3.63) is 30.3 Å². The molecule has 0 spiro atoms. The molecule has 2 amide bonds. The van der Waals surface area contributed by atoms with Gasteiger partial charge in [-0.2, -0.15) is 0 Å². The van der Waals surface area contributed by atoms with E-state index in [9.17, 15) is 14.4 Å². The molecule has 2 saturated heterocycles. The summed E-state index contributed by atoms with van der Waals surface area (Å²) in [4.78, 5) is 45.9. The number of fused-ring (bicyclic) bond motifs is 2. The predicted molar refractivity (Wildman–Crippen MR) is 134 cm³/mol. The number of carbonyl (C=O) groups excluding carboxylic acids is 3. The van der Waals surface area contributed by atoms with Crippen molar-refractivity contribution in [3.8, 4) is 0 Å². The van der Waals surface area contributed by atoms with E-state index >= 15 is 0 Å². The Balaban J connectivity index is 1.13. The molecular formula is C28H39N3O4. The first kappa shape index (κ1) is 24.4. The number of ketones is 1. The number of piperazine rings is 1. The van der Waals surface area contributed by atoms with Gasteiger partial charge in [-0.05, 0) is 50.3 Å². The second-order valence-electron chi connectivity index (χ2n) is 11.3. The molecule has 4 atom stereocenters. The SMILES string of the molecule is CC(C)COC12CCC(C(=O)C1)C1C(=O)N(CCCCN3CCN(c4ccccc4)CC3)C(=O)C12. The lowest BCUT2D eigenvalue weighted by Gasteiger charge is -2.50. The Labute approximate surface area is 208 Å². The number of likely N-dealkylation sites (tertiary alicyclic amines) is 1. The largest absolute Gasteiger partial charge is 0.373 e. The Hall–Kier alpha value is -2.25. The summed E-state index contributed by atoms with van der Waals surface area (Å²) in [5.41, 5.74) is 0.503. The molecule has 190 valence electrons.